The van der Waals surface area contributed by atoms with Crippen LogP contribution in [0.5, 0.6) is 11.5 Å². The molecule has 1 aliphatic rings. The maximum atomic E-state index is 14.1. The first-order chi connectivity index (χ1) is 15.4. The Morgan fingerprint density at radius 1 is 1.12 bits per heavy atom. The third kappa shape index (κ3) is 4.56. The molecule has 0 saturated carbocycles. The Balaban J connectivity index is 1.49. The number of carbonyl (C=O) groups is 2. The van der Waals surface area contributed by atoms with Gasteiger partial charge >= 0.3 is 0 Å². The molecule has 3 aromatic carbocycles. The molecule has 1 N–H and O–H groups in total. The summed E-state index contributed by atoms with van der Waals surface area (Å²) in [6.07, 6.45) is 0. The number of halogens is 1. The number of benzene rings is 3. The molecule has 6 nitrogen and oxygen atoms in total. The molecule has 7 heteroatoms. The van der Waals surface area contributed by atoms with Crippen molar-refractivity contribution >= 4 is 23.2 Å². The molecule has 0 radical (unpaired) electrons. The van der Waals surface area contributed by atoms with Crippen molar-refractivity contribution in [3.8, 4) is 11.5 Å². The lowest BCUT2D eigenvalue weighted by Gasteiger charge is -2.30. The first-order valence-electron chi connectivity index (χ1n) is 10.2. The predicted molar refractivity (Wildman–Crippen MR) is 120 cm³/mol. The second kappa shape index (κ2) is 9.09. The summed E-state index contributed by atoms with van der Waals surface area (Å²) in [5.41, 5.74) is 3.41. The van der Waals surface area contributed by atoms with Gasteiger partial charge in [0.05, 0.1) is 12.2 Å². The van der Waals surface area contributed by atoms with E-state index in [2.05, 4.69) is 5.32 Å². The topological polar surface area (TPSA) is 67.9 Å². The van der Waals surface area contributed by atoms with Gasteiger partial charge in [0.2, 0.25) is 0 Å². The van der Waals surface area contributed by atoms with Crippen molar-refractivity contribution in [2.45, 2.75) is 20.4 Å². The van der Waals surface area contributed by atoms with Crippen molar-refractivity contribution < 1.29 is 23.5 Å². The van der Waals surface area contributed by atoms with Crippen LogP contribution in [0.1, 0.15) is 16.7 Å². The fourth-order valence-corrected chi connectivity index (χ4v) is 3.47. The monoisotopic (exact) mass is 434 g/mol. The van der Waals surface area contributed by atoms with Crippen molar-refractivity contribution in [1.29, 1.82) is 0 Å². The van der Waals surface area contributed by atoms with Gasteiger partial charge in [-0.3, -0.25) is 9.59 Å². The number of aryl methyl sites for hydroxylation is 1. The van der Waals surface area contributed by atoms with Crippen molar-refractivity contribution in [3.05, 3.63) is 83.2 Å². The van der Waals surface area contributed by atoms with Crippen LogP contribution >= 0.6 is 0 Å². The van der Waals surface area contributed by atoms with Crippen LogP contribution in [0.25, 0.3) is 0 Å². The summed E-state index contributed by atoms with van der Waals surface area (Å²) in [5, 5.41) is 2.78. The highest BCUT2D eigenvalue weighted by Crippen LogP contribution is 2.35. The summed E-state index contributed by atoms with van der Waals surface area (Å²) in [4.78, 5) is 26.4. The highest BCUT2D eigenvalue weighted by molar-refractivity contribution is 5.99. The second-order valence-corrected chi connectivity index (χ2v) is 7.58. The van der Waals surface area contributed by atoms with Gasteiger partial charge in [0.25, 0.3) is 11.8 Å². The summed E-state index contributed by atoms with van der Waals surface area (Å²) < 4.78 is 25.3. The predicted octanol–water partition coefficient (Wildman–Crippen LogP) is 4.39. The molecule has 164 valence electrons. The molecule has 0 aromatic heterocycles. The van der Waals surface area contributed by atoms with E-state index in [1.165, 1.54) is 11.0 Å². The van der Waals surface area contributed by atoms with E-state index in [9.17, 15) is 14.0 Å². The normalized spacial score (nSPS) is 12.7. The molecule has 0 saturated heterocycles. The molecule has 0 spiro atoms. The average Bonchev–Trinajstić information content (AvgIpc) is 2.78. The molecule has 2 amide bonds. The molecule has 0 aliphatic carbocycles. The van der Waals surface area contributed by atoms with Gasteiger partial charge in [-0.1, -0.05) is 30.3 Å². The third-order valence-corrected chi connectivity index (χ3v) is 5.39. The van der Waals surface area contributed by atoms with Gasteiger partial charge in [-0.15, -0.1) is 0 Å². The van der Waals surface area contributed by atoms with Crippen molar-refractivity contribution in [2.75, 3.05) is 23.4 Å². The SMILES string of the molecule is Cc1cccc(OCC(=O)Nc2ccc3c(c2)N(Cc2ccccc2F)C(=O)CO3)c1C. The zero-order valence-corrected chi connectivity index (χ0v) is 17.9. The minimum Gasteiger partial charge on any atom is -0.483 e. The first-order valence-corrected chi connectivity index (χ1v) is 10.2. The third-order valence-electron chi connectivity index (χ3n) is 5.39. The van der Waals surface area contributed by atoms with Gasteiger partial charge < -0.3 is 19.7 Å². The Morgan fingerprint density at radius 3 is 2.75 bits per heavy atom. The van der Waals surface area contributed by atoms with Crippen molar-refractivity contribution in [3.63, 3.8) is 0 Å². The minimum atomic E-state index is -0.388. The summed E-state index contributed by atoms with van der Waals surface area (Å²) in [7, 11) is 0. The van der Waals surface area contributed by atoms with Gasteiger partial charge in [-0.2, -0.15) is 0 Å². The number of carbonyl (C=O) groups excluding carboxylic acids is 2. The summed E-state index contributed by atoms with van der Waals surface area (Å²) in [5.74, 6) is 0.129. The fourth-order valence-electron chi connectivity index (χ4n) is 3.47. The average molecular weight is 434 g/mol. The van der Waals surface area contributed by atoms with E-state index in [4.69, 9.17) is 9.47 Å². The summed E-state index contributed by atoms with van der Waals surface area (Å²) in [6.45, 7) is 3.70. The lowest BCUT2D eigenvalue weighted by atomic mass is 10.1. The smallest absolute Gasteiger partial charge is 0.265 e. The molecule has 32 heavy (non-hydrogen) atoms. The molecule has 0 atom stereocenters. The second-order valence-electron chi connectivity index (χ2n) is 7.58. The highest BCUT2D eigenvalue weighted by Gasteiger charge is 2.27. The molecule has 3 aromatic rings. The number of fused-ring (bicyclic) bond motifs is 1. The largest absolute Gasteiger partial charge is 0.483 e. The molecule has 0 fully saturated rings. The zero-order chi connectivity index (χ0) is 22.7. The Bertz CT molecular complexity index is 1180. The van der Waals surface area contributed by atoms with E-state index in [-0.39, 0.29) is 37.4 Å². The van der Waals surface area contributed by atoms with E-state index in [1.807, 2.05) is 32.0 Å². The number of hydrogen-bond acceptors (Lipinski definition) is 4. The van der Waals surface area contributed by atoms with Crippen LogP contribution in [-0.2, 0) is 16.1 Å². The van der Waals surface area contributed by atoms with Crippen LogP contribution in [0.3, 0.4) is 0 Å². The fraction of sp³-hybridized carbons (Fsp3) is 0.200. The molecule has 1 heterocycles. The van der Waals surface area contributed by atoms with Crippen molar-refractivity contribution in [2.24, 2.45) is 0 Å². The number of rotatable bonds is 6. The lowest BCUT2D eigenvalue weighted by Crippen LogP contribution is -2.38. The van der Waals surface area contributed by atoms with E-state index in [0.717, 1.165) is 11.1 Å². The number of anilines is 2. The van der Waals surface area contributed by atoms with Crippen LogP contribution in [0, 0.1) is 19.7 Å². The maximum absolute atomic E-state index is 14.1. The van der Waals surface area contributed by atoms with Crippen LogP contribution < -0.4 is 19.7 Å². The molecule has 1 aliphatic heterocycles. The van der Waals surface area contributed by atoms with Gasteiger partial charge in [0.1, 0.15) is 17.3 Å². The summed E-state index contributed by atoms with van der Waals surface area (Å²) >= 11 is 0. The van der Waals surface area contributed by atoms with Gasteiger partial charge in [-0.05, 0) is 55.3 Å². The Morgan fingerprint density at radius 2 is 1.94 bits per heavy atom. The van der Waals surface area contributed by atoms with E-state index < -0.39 is 0 Å². The molecule has 0 bridgehead atoms. The standard InChI is InChI=1S/C25H23FN2O4/c1-16-6-5-9-22(17(16)2)31-14-24(29)27-19-10-11-23-21(12-19)28(25(30)15-32-23)13-18-7-3-4-8-20(18)26/h3-12H,13-15H2,1-2H3,(H,27,29). The quantitative estimate of drug-likeness (QED) is 0.625. The number of ether oxygens (including phenoxy) is 2. The Labute approximate surface area is 185 Å². The van der Waals surface area contributed by atoms with Crippen LogP contribution in [0.2, 0.25) is 0 Å². The van der Waals surface area contributed by atoms with E-state index in [1.54, 1.807) is 36.4 Å². The molecular weight excluding hydrogens is 411 g/mol. The van der Waals surface area contributed by atoms with Gasteiger partial charge in [0.15, 0.2) is 13.2 Å². The highest BCUT2D eigenvalue weighted by atomic mass is 19.1. The van der Waals surface area contributed by atoms with Crippen LogP contribution in [-0.4, -0.2) is 25.0 Å². The number of hydrogen-bond donors (Lipinski definition) is 1. The minimum absolute atomic E-state index is 0.0645. The van der Waals surface area contributed by atoms with Gasteiger partial charge in [-0.25, -0.2) is 4.39 Å². The van der Waals surface area contributed by atoms with Gasteiger partial charge in [0, 0.05) is 11.3 Å². The molecular formula is C25H23FN2O4. The lowest BCUT2D eigenvalue weighted by molar-refractivity contribution is -0.121. The van der Waals surface area contributed by atoms with Crippen LogP contribution in [0.15, 0.2) is 60.7 Å². The Hall–Kier alpha value is -3.87. The van der Waals surface area contributed by atoms with E-state index in [0.29, 0.717) is 28.4 Å². The Kier molecular flexibility index (Phi) is 6.07. The van der Waals surface area contributed by atoms with E-state index >= 15 is 0 Å². The number of nitrogens with zero attached hydrogens (tertiary/aromatic N) is 1. The molecule has 4 rings (SSSR count). The first kappa shape index (κ1) is 21.4. The number of amides is 2. The van der Waals surface area contributed by atoms with Crippen LogP contribution in [0.4, 0.5) is 15.8 Å². The summed E-state index contributed by atoms with van der Waals surface area (Å²) in [6, 6.07) is 17.0. The zero-order valence-electron chi connectivity index (χ0n) is 17.9. The molecule has 0 unspecified atom stereocenters. The van der Waals surface area contributed by atoms with Crippen molar-refractivity contribution in [1.82, 2.24) is 0 Å². The maximum Gasteiger partial charge on any atom is 0.265 e. The number of nitrogens with one attached hydrogen (secondary N) is 1.